The second-order valence-corrected chi connectivity index (χ2v) is 6.53. The van der Waals surface area contributed by atoms with Gasteiger partial charge >= 0.3 is 11.9 Å². The molecule has 0 spiro atoms. The lowest BCUT2D eigenvalue weighted by Gasteiger charge is -2.16. The number of benzene rings is 3. The van der Waals surface area contributed by atoms with E-state index in [0.717, 1.165) is 10.8 Å². The van der Waals surface area contributed by atoms with Crippen molar-refractivity contribution in [2.45, 2.75) is 19.4 Å². The molecule has 0 radical (unpaired) electrons. The average Bonchev–Trinajstić information content (AvgIpc) is 2.64. The normalized spacial score (nSPS) is 12.1. The second-order valence-electron chi connectivity index (χ2n) is 6.53. The van der Waals surface area contributed by atoms with E-state index in [-0.39, 0.29) is 24.2 Å². The Morgan fingerprint density at radius 2 is 1.81 bits per heavy atom. The van der Waals surface area contributed by atoms with Gasteiger partial charge < -0.3 is 14.9 Å². The van der Waals surface area contributed by atoms with E-state index in [1.165, 1.54) is 6.92 Å². The molecule has 0 saturated carbocycles. The van der Waals surface area contributed by atoms with Gasteiger partial charge in [-0.15, -0.1) is 0 Å². The molecule has 0 heterocycles. The first kappa shape index (κ1) is 18.6. The molecule has 5 heteroatoms. The molecule has 0 aliphatic carbocycles. The molecule has 0 fully saturated rings. The van der Waals surface area contributed by atoms with Gasteiger partial charge in [0.1, 0.15) is 6.61 Å². The summed E-state index contributed by atoms with van der Waals surface area (Å²) < 4.78 is 4.99. The van der Waals surface area contributed by atoms with Crippen LogP contribution in [0.4, 0.5) is 0 Å². The third kappa shape index (κ3) is 3.83. The van der Waals surface area contributed by atoms with Crippen molar-refractivity contribution in [3.8, 4) is 0 Å². The van der Waals surface area contributed by atoms with Crippen LogP contribution in [0.5, 0.6) is 0 Å². The summed E-state index contributed by atoms with van der Waals surface area (Å²) in [4.78, 5) is 23.5. The van der Waals surface area contributed by atoms with Crippen molar-refractivity contribution in [3.63, 3.8) is 0 Å². The highest BCUT2D eigenvalue weighted by atomic mass is 16.5. The molecule has 0 aliphatic heterocycles. The summed E-state index contributed by atoms with van der Waals surface area (Å²) in [6, 6.07) is 14.7. The van der Waals surface area contributed by atoms with Crippen molar-refractivity contribution in [3.05, 3.63) is 71.8 Å². The fourth-order valence-corrected chi connectivity index (χ4v) is 3.20. The van der Waals surface area contributed by atoms with Crippen LogP contribution in [-0.4, -0.2) is 34.9 Å². The van der Waals surface area contributed by atoms with E-state index in [1.54, 1.807) is 18.2 Å². The van der Waals surface area contributed by atoms with E-state index in [9.17, 15) is 19.8 Å². The highest BCUT2D eigenvalue weighted by Crippen LogP contribution is 2.31. The Bertz CT molecular complexity index is 1050. The molecule has 0 aromatic heterocycles. The minimum atomic E-state index is -1.02. The van der Waals surface area contributed by atoms with Crippen LogP contribution in [0.1, 0.15) is 22.8 Å². The predicted molar refractivity (Wildman–Crippen MR) is 104 cm³/mol. The highest BCUT2D eigenvalue weighted by Gasteiger charge is 2.18. The number of ether oxygens (including phenoxy) is 1. The van der Waals surface area contributed by atoms with Gasteiger partial charge in [0.05, 0.1) is 11.7 Å². The Morgan fingerprint density at radius 1 is 1.11 bits per heavy atom. The van der Waals surface area contributed by atoms with Crippen LogP contribution in [0.3, 0.4) is 0 Å². The Labute approximate surface area is 156 Å². The van der Waals surface area contributed by atoms with Gasteiger partial charge in [-0.1, -0.05) is 49.0 Å². The summed E-state index contributed by atoms with van der Waals surface area (Å²) in [6.45, 7) is 4.85. The van der Waals surface area contributed by atoms with Crippen LogP contribution >= 0.6 is 0 Å². The maximum absolute atomic E-state index is 12.0. The number of carbonyl (C=O) groups excluding carboxylic acids is 1. The van der Waals surface area contributed by atoms with Gasteiger partial charge in [-0.3, -0.25) is 0 Å². The first-order valence-corrected chi connectivity index (χ1v) is 8.56. The quantitative estimate of drug-likeness (QED) is 0.396. The van der Waals surface area contributed by atoms with Gasteiger partial charge in [-0.05, 0) is 34.7 Å². The van der Waals surface area contributed by atoms with E-state index >= 15 is 0 Å². The molecule has 0 amide bonds. The lowest BCUT2D eigenvalue weighted by molar-refractivity contribution is -0.141. The van der Waals surface area contributed by atoms with E-state index in [4.69, 9.17) is 4.74 Å². The van der Waals surface area contributed by atoms with Gasteiger partial charge in [-0.2, -0.15) is 0 Å². The zero-order chi connectivity index (χ0) is 19.6. The largest absolute Gasteiger partial charge is 0.478 e. The number of aliphatic hydroxyl groups is 1. The summed E-state index contributed by atoms with van der Waals surface area (Å²) in [6.07, 6.45) is -0.786. The Balaban J connectivity index is 2.03. The van der Waals surface area contributed by atoms with Crippen LogP contribution in [0, 0.1) is 0 Å². The predicted octanol–water partition coefficient (Wildman–Crippen LogP) is 3.71. The number of carboxylic acids is 1. The van der Waals surface area contributed by atoms with Gasteiger partial charge in [0.15, 0.2) is 0 Å². The van der Waals surface area contributed by atoms with Crippen molar-refractivity contribution in [1.29, 1.82) is 0 Å². The van der Waals surface area contributed by atoms with E-state index in [1.807, 2.05) is 30.3 Å². The number of hydrogen-bond donors (Lipinski definition) is 2. The van der Waals surface area contributed by atoms with Crippen molar-refractivity contribution in [2.24, 2.45) is 0 Å². The summed E-state index contributed by atoms with van der Waals surface area (Å²) in [7, 11) is 0. The van der Waals surface area contributed by atoms with Crippen molar-refractivity contribution in [1.82, 2.24) is 0 Å². The Hall–Kier alpha value is -3.18. The fourth-order valence-electron chi connectivity index (χ4n) is 3.20. The van der Waals surface area contributed by atoms with Crippen molar-refractivity contribution >= 4 is 33.5 Å². The molecule has 0 bridgehead atoms. The minimum absolute atomic E-state index is 0.166. The third-order valence-corrected chi connectivity index (χ3v) is 4.40. The molecule has 138 valence electrons. The van der Waals surface area contributed by atoms with Gasteiger partial charge in [0.2, 0.25) is 0 Å². The number of carboxylic acid groups (broad SMARTS) is 1. The van der Waals surface area contributed by atoms with E-state index < -0.39 is 18.0 Å². The molecule has 3 aromatic rings. The molecular weight excluding hydrogens is 344 g/mol. The molecule has 3 rings (SSSR count). The number of carbonyl (C=O) groups is 2. The number of hydrogen-bond acceptors (Lipinski definition) is 4. The van der Waals surface area contributed by atoms with E-state index in [2.05, 4.69) is 6.58 Å². The zero-order valence-corrected chi connectivity index (χ0v) is 14.9. The van der Waals surface area contributed by atoms with Crippen LogP contribution in [-0.2, 0) is 16.0 Å². The number of aromatic carboxylic acids is 1. The average molecular weight is 364 g/mol. The SMILES string of the molecule is C=C(C)C(=O)OCC(O)Cc1cccc2cc3ccccc3c(C(=O)O)c12. The molecule has 2 N–H and O–H groups in total. The maximum atomic E-state index is 12.0. The van der Waals surface area contributed by atoms with Crippen molar-refractivity contribution in [2.75, 3.05) is 6.61 Å². The monoisotopic (exact) mass is 364 g/mol. The summed E-state index contributed by atoms with van der Waals surface area (Å²) in [5.74, 6) is -1.59. The van der Waals surface area contributed by atoms with Gasteiger partial charge in [0, 0.05) is 17.4 Å². The minimum Gasteiger partial charge on any atom is -0.478 e. The van der Waals surface area contributed by atoms with Crippen LogP contribution in [0.15, 0.2) is 60.7 Å². The molecular formula is C22H20O5. The Kier molecular flexibility index (Phi) is 5.23. The number of rotatable bonds is 6. The topological polar surface area (TPSA) is 83.8 Å². The fraction of sp³-hybridized carbons (Fsp3) is 0.182. The highest BCUT2D eigenvalue weighted by molar-refractivity contribution is 6.16. The van der Waals surface area contributed by atoms with Crippen LogP contribution in [0.25, 0.3) is 21.5 Å². The third-order valence-electron chi connectivity index (χ3n) is 4.40. The zero-order valence-electron chi connectivity index (χ0n) is 14.9. The smallest absolute Gasteiger partial charge is 0.336 e. The summed E-state index contributed by atoms with van der Waals surface area (Å²) in [5.41, 5.74) is 1.16. The molecule has 0 saturated heterocycles. The number of esters is 1. The summed E-state index contributed by atoms with van der Waals surface area (Å²) in [5, 5.41) is 23.0. The van der Waals surface area contributed by atoms with Gasteiger partial charge in [-0.25, -0.2) is 9.59 Å². The molecule has 5 nitrogen and oxygen atoms in total. The molecule has 27 heavy (non-hydrogen) atoms. The number of aliphatic hydroxyl groups excluding tert-OH is 1. The lowest BCUT2D eigenvalue weighted by Crippen LogP contribution is -2.21. The molecule has 0 aliphatic rings. The second kappa shape index (κ2) is 7.60. The van der Waals surface area contributed by atoms with Crippen LogP contribution < -0.4 is 0 Å². The first-order valence-electron chi connectivity index (χ1n) is 8.56. The molecule has 1 atom stereocenters. The Morgan fingerprint density at radius 3 is 2.52 bits per heavy atom. The lowest BCUT2D eigenvalue weighted by atomic mass is 9.91. The van der Waals surface area contributed by atoms with Crippen molar-refractivity contribution < 1.29 is 24.5 Å². The van der Waals surface area contributed by atoms with Crippen LogP contribution in [0.2, 0.25) is 0 Å². The standard InChI is InChI=1S/C22H20O5/c1-13(2)22(26)27-12-17(23)11-16-8-5-7-15-10-14-6-3-4-9-18(14)20(19(15)16)21(24)25/h3-10,17,23H,1,11-12H2,2H3,(H,24,25). The molecule has 3 aromatic carbocycles. The van der Waals surface area contributed by atoms with E-state index in [0.29, 0.717) is 16.3 Å². The molecule has 1 unspecified atom stereocenters. The first-order chi connectivity index (χ1) is 12.9. The number of fused-ring (bicyclic) bond motifs is 2. The summed E-state index contributed by atoms with van der Waals surface area (Å²) >= 11 is 0. The maximum Gasteiger partial charge on any atom is 0.336 e. The van der Waals surface area contributed by atoms with Gasteiger partial charge in [0.25, 0.3) is 0 Å².